The molecule has 0 aromatic carbocycles. The van der Waals surface area contributed by atoms with E-state index in [1.807, 2.05) is 0 Å². The number of ether oxygens (including phenoxy) is 2. The fourth-order valence-electron chi connectivity index (χ4n) is 1.57. The Morgan fingerprint density at radius 1 is 0.800 bits per heavy atom. The van der Waals surface area contributed by atoms with Crippen LogP contribution >= 0.6 is 8.01 Å². The predicted octanol–water partition coefficient (Wildman–Crippen LogP) is 0.922. The van der Waals surface area contributed by atoms with Crippen molar-refractivity contribution in [2.75, 3.05) is 13.1 Å². The number of rotatable bonds is 7. The van der Waals surface area contributed by atoms with Gasteiger partial charge >= 0.3 is 20.2 Å². The summed E-state index contributed by atoms with van der Waals surface area (Å²) in [6.07, 6.45) is -1.48. The molecular formula is C16H33N7O6P+. The molecule has 1 atom stereocenters. The standard InChI is InChI=1S/C16H32N7O6P/c1-15(2,3)28-13(26)22-20-11(24)7-9-18-30(17)19-10-8-12(25)21-23-14(27)29-16(4,5)6/h7-10H2,1-6H3,(H6-,17,18,19,20,21,22,23,24,25,26,27)/p+1. The molecule has 0 fully saturated rings. The zero-order chi connectivity index (χ0) is 23.4. The van der Waals surface area contributed by atoms with E-state index in [0.717, 1.165) is 0 Å². The van der Waals surface area contributed by atoms with Gasteiger partial charge in [0.2, 0.25) is 11.8 Å². The minimum atomic E-state index is -1.43. The zero-order valence-corrected chi connectivity index (χ0v) is 19.1. The van der Waals surface area contributed by atoms with E-state index in [1.165, 1.54) is 0 Å². The van der Waals surface area contributed by atoms with Crippen LogP contribution < -0.4 is 32.3 Å². The predicted molar refractivity (Wildman–Crippen MR) is 111 cm³/mol. The van der Waals surface area contributed by atoms with Crippen molar-refractivity contribution < 1.29 is 28.7 Å². The lowest BCUT2D eigenvalue weighted by molar-refractivity contribution is -0.122. The van der Waals surface area contributed by atoms with Gasteiger partial charge in [0.1, 0.15) is 11.2 Å². The quantitative estimate of drug-likeness (QED) is 0.244. The van der Waals surface area contributed by atoms with Gasteiger partial charge in [-0.3, -0.25) is 20.4 Å². The lowest BCUT2D eigenvalue weighted by Crippen LogP contribution is -2.44. The van der Waals surface area contributed by atoms with Crippen LogP contribution in [0, 0.1) is 0 Å². The van der Waals surface area contributed by atoms with Gasteiger partial charge in [0.15, 0.2) is 0 Å². The van der Waals surface area contributed by atoms with Gasteiger partial charge in [-0.25, -0.2) is 20.4 Å². The number of hydrogen-bond acceptors (Lipinski definition) is 7. The first kappa shape index (κ1) is 27.5. The van der Waals surface area contributed by atoms with Gasteiger partial charge in [0.25, 0.3) is 0 Å². The Morgan fingerprint density at radius 3 is 1.67 bits per heavy atom. The number of carbonyl (C=O) groups is 4. The van der Waals surface area contributed by atoms with E-state index in [-0.39, 0.29) is 25.9 Å². The summed E-state index contributed by atoms with van der Waals surface area (Å²) in [6, 6.07) is 0. The van der Waals surface area contributed by atoms with Gasteiger partial charge in [-0.05, 0) is 41.5 Å². The second-order valence-corrected chi connectivity index (χ2v) is 9.26. The Kier molecular flexibility index (Phi) is 11.9. The molecule has 0 aliphatic heterocycles. The first-order valence-electron chi connectivity index (χ1n) is 9.19. The van der Waals surface area contributed by atoms with Crippen LogP contribution in [-0.2, 0) is 19.1 Å². The maximum Gasteiger partial charge on any atom is 0.426 e. The van der Waals surface area contributed by atoms with Crippen molar-refractivity contribution >= 4 is 32.0 Å². The Hall–Kier alpha value is -2.50. The average molecular weight is 450 g/mol. The molecule has 0 aliphatic carbocycles. The fourth-order valence-corrected chi connectivity index (χ4v) is 2.32. The summed E-state index contributed by atoms with van der Waals surface area (Å²) in [5, 5.41) is 2.84. The molecule has 0 heterocycles. The number of nitrogens with two attached hydrogens (primary N) is 1. The largest absolute Gasteiger partial charge is 0.443 e. The van der Waals surface area contributed by atoms with Gasteiger partial charge in [-0.2, -0.15) is 0 Å². The second kappa shape index (κ2) is 12.9. The fraction of sp³-hybridized carbons (Fsp3) is 0.750. The van der Waals surface area contributed by atoms with Crippen LogP contribution in [0.2, 0.25) is 0 Å². The minimum Gasteiger partial charge on any atom is -0.443 e. The maximum atomic E-state index is 11.6. The van der Waals surface area contributed by atoms with E-state index in [1.54, 1.807) is 41.5 Å². The van der Waals surface area contributed by atoms with Crippen LogP contribution in [0.15, 0.2) is 4.74 Å². The molecule has 0 spiro atoms. The average Bonchev–Trinajstić information content (AvgIpc) is 2.55. The topological polar surface area (TPSA) is 185 Å². The van der Waals surface area contributed by atoms with Crippen LogP contribution in [0.4, 0.5) is 9.59 Å². The van der Waals surface area contributed by atoms with Crippen molar-refractivity contribution in [3.63, 3.8) is 0 Å². The van der Waals surface area contributed by atoms with Gasteiger partial charge in [0.05, 0.1) is 13.0 Å². The molecule has 0 aromatic heterocycles. The summed E-state index contributed by atoms with van der Waals surface area (Å²) < 4.78 is 14.0. The SMILES string of the molecule is CC(C)(C)OC(=O)NNC(=O)CCN=[P+](N)NCCC(=O)NNC(=O)OC(C)(C)C. The van der Waals surface area contributed by atoms with E-state index in [9.17, 15) is 19.2 Å². The molecule has 0 radical (unpaired) electrons. The van der Waals surface area contributed by atoms with E-state index in [2.05, 4.69) is 31.5 Å². The maximum absolute atomic E-state index is 11.6. The summed E-state index contributed by atoms with van der Waals surface area (Å²) in [5.74, 6) is -0.898. The Morgan fingerprint density at radius 2 is 1.23 bits per heavy atom. The normalized spacial score (nSPS) is 11.9. The number of nitrogens with zero attached hydrogens (tertiary/aromatic N) is 1. The number of carbonyl (C=O) groups excluding carboxylic acids is 4. The van der Waals surface area contributed by atoms with Crippen LogP contribution in [0.1, 0.15) is 54.4 Å². The lowest BCUT2D eigenvalue weighted by atomic mass is 10.2. The van der Waals surface area contributed by atoms with Crippen molar-refractivity contribution in [2.45, 2.75) is 65.6 Å². The molecule has 30 heavy (non-hydrogen) atoms. The first-order chi connectivity index (χ1) is 13.7. The van der Waals surface area contributed by atoms with E-state index < -0.39 is 43.2 Å². The van der Waals surface area contributed by atoms with Crippen LogP contribution in [0.25, 0.3) is 0 Å². The van der Waals surface area contributed by atoms with Crippen molar-refractivity contribution in [3.05, 3.63) is 0 Å². The summed E-state index contributed by atoms with van der Waals surface area (Å²) in [4.78, 5) is 46.1. The van der Waals surface area contributed by atoms with Crippen molar-refractivity contribution in [1.29, 1.82) is 0 Å². The lowest BCUT2D eigenvalue weighted by Gasteiger charge is -2.19. The third-order valence-electron chi connectivity index (χ3n) is 2.62. The van der Waals surface area contributed by atoms with Crippen molar-refractivity contribution in [1.82, 2.24) is 26.8 Å². The van der Waals surface area contributed by atoms with Crippen molar-refractivity contribution in [2.24, 2.45) is 10.2 Å². The number of hydrogen-bond donors (Lipinski definition) is 6. The van der Waals surface area contributed by atoms with Gasteiger partial charge in [0, 0.05) is 13.0 Å². The molecule has 0 bridgehead atoms. The molecule has 7 N–H and O–H groups in total. The summed E-state index contributed by atoms with van der Waals surface area (Å²) in [7, 11) is -1.43. The van der Waals surface area contributed by atoms with E-state index in [0.29, 0.717) is 0 Å². The molecule has 172 valence electrons. The Labute approximate surface area is 177 Å². The highest BCUT2D eigenvalue weighted by Crippen LogP contribution is 2.08. The van der Waals surface area contributed by atoms with Crippen LogP contribution in [-0.4, -0.2) is 48.3 Å². The van der Waals surface area contributed by atoms with E-state index in [4.69, 9.17) is 15.0 Å². The van der Waals surface area contributed by atoms with E-state index >= 15 is 0 Å². The molecule has 0 saturated heterocycles. The number of hydrazine groups is 2. The summed E-state index contributed by atoms with van der Waals surface area (Å²) in [5.41, 5.74) is 13.1. The Bertz CT molecular complexity index is 643. The Balaban J connectivity index is 3.95. The molecule has 0 aromatic rings. The highest BCUT2D eigenvalue weighted by atomic mass is 31.1. The molecule has 1 unspecified atom stereocenters. The highest BCUT2D eigenvalue weighted by molar-refractivity contribution is 7.42. The third kappa shape index (κ3) is 17.6. The number of amides is 4. The van der Waals surface area contributed by atoms with Crippen molar-refractivity contribution in [3.8, 4) is 0 Å². The van der Waals surface area contributed by atoms with Crippen LogP contribution in [0.3, 0.4) is 0 Å². The molecule has 13 nitrogen and oxygen atoms in total. The monoisotopic (exact) mass is 450 g/mol. The van der Waals surface area contributed by atoms with Gasteiger partial charge < -0.3 is 9.47 Å². The minimum absolute atomic E-state index is 0.00774. The molecule has 14 heteroatoms. The van der Waals surface area contributed by atoms with Crippen LogP contribution in [0.5, 0.6) is 0 Å². The summed E-state index contributed by atoms with van der Waals surface area (Å²) >= 11 is 0. The second-order valence-electron chi connectivity index (χ2n) is 7.97. The molecule has 0 rings (SSSR count). The molecular weight excluding hydrogens is 417 g/mol. The molecule has 0 aliphatic rings. The zero-order valence-electron chi connectivity index (χ0n) is 18.2. The number of nitrogens with one attached hydrogen (secondary N) is 5. The third-order valence-corrected chi connectivity index (χ3v) is 3.68. The molecule has 0 saturated carbocycles. The van der Waals surface area contributed by atoms with Gasteiger partial charge in [-0.15, -0.1) is 10.6 Å². The van der Waals surface area contributed by atoms with Gasteiger partial charge in [-0.1, -0.05) is 4.74 Å². The molecule has 4 amide bonds. The highest BCUT2D eigenvalue weighted by Gasteiger charge is 2.17. The smallest absolute Gasteiger partial charge is 0.426 e. The first-order valence-corrected chi connectivity index (χ1v) is 10.6. The summed E-state index contributed by atoms with van der Waals surface area (Å²) in [6.45, 7) is 10.6.